The largest absolute Gasteiger partial charge is 0.333 e. The minimum absolute atomic E-state index is 0.0562. The first-order valence-corrected chi connectivity index (χ1v) is 9.87. The maximum absolute atomic E-state index is 12.6. The molecular weight excluding hydrogens is 358 g/mol. The molecule has 130 valence electrons. The van der Waals surface area contributed by atoms with E-state index in [-0.39, 0.29) is 18.6 Å². The summed E-state index contributed by atoms with van der Waals surface area (Å²) in [7, 11) is 0. The van der Waals surface area contributed by atoms with E-state index < -0.39 is 0 Å². The van der Waals surface area contributed by atoms with Gasteiger partial charge in [0.15, 0.2) is 5.82 Å². The monoisotopic (exact) mass is 375 g/mol. The quantitative estimate of drug-likeness (QED) is 0.752. The molecule has 25 heavy (non-hydrogen) atoms. The van der Waals surface area contributed by atoms with Gasteiger partial charge in [-0.25, -0.2) is 9.78 Å². The first-order chi connectivity index (χ1) is 12.3. The maximum Gasteiger partial charge on any atom is 0.318 e. The molecule has 3 aromatic rings. The van der Waals surface area contributed by atoms with Gasteiger partial charge in [0.05, 0.1) is 17.5 Å². The van der Waals surface area contributed by atoms with Crippen LogP contribution in [0.2, 0.25) is 0 Å². The number of carbonyl (C=O) groups is 1. The summed E-state index contributed by atoms with van der Waals surface area (Å²) in [6.07, 6.45) is 4.87. The van der Waals surface area contributed by atoms with Crippen LogP contribution in [0.3, 0.4) is 0 Å². The number of amides is 2. The Bertz CT molecular complexity index is 816. The molecule has 0 spiro atoms. The topological polar surface area (TPSA) is 84.2 Å². The van der Waals surface area contributed by atoms with Crippen molar-refractivity contribution in [2.75, 3.05) is 6.54 Å². The van der Waals surface area contributed by atoms with Crippen LogP contribution in [-0.4, -0.2) is 32.6 Å². The van der Waals surface area contributed by atoms with Gasteiger partial charge in [0.25, 0.3) is 5.89 Å². The van der Waals surface area contributed by atoms with Crippen molar-refractivity contribution < 1.29 is 9.32 Å². The first kappa shape index (κ1) is 16.2. The van der Waals surface area contributed by atoms with Gasteiger partial charge >= 0.3 is 6.03 Å². The summed E-state index contributed by atoms with van der Waals surface area (Å²) in [5.41, 5.74) is 0. The van der Waals surface area contributed by atoms with E-state index in [2.05, 4.69) is 20.4 Å². The van der Waals surface area contributed by atoms with E-state index in [1.165, 1.54) is 11.3 Å². The van der Waals surface area contributed by atoms with E-state index in [9.17, 15) is 4.79 Å². The number of piperidine rings is 1. The van der Waals surface area contributed by atoms with Crippen molar-refractivity contribution >= 4 is 28.7 Å². The van der Waals surface area contributed by atoms with E-state index in [0.29, 0.717) is 11.7 Å². The summed E-state index contributed by atoms with van der Waals surface area (Å²) in [5, 5.41) is 11.7. The Morgan fingerprint density at radius 2 is 2.32 bits per heavy atom. The van der Waals surface area contributed by atoms with Crippen molar-refractivity contribution in [2.45, 2.75) is 31.8 Å². The second kappa shape index (κ2) is 7.32. The van der Waals surface area contributed by atoms with Crippen LogP contribution in [0, 0.1) is 0 Å². The number of nitrogens with zero attached hydrogens (tertiary/aromatic N) is 4. The smallest absolute Gasteiger partial charge is 0.318 e. The van der Waals surface area contributed by atoms with Crippen molar-refractivity contribution in [2.24, 2.45) is 0 Å². The van der Waals surface area contributed by atoms with Gasteiger partial charge in [-0.05, 0) is 30.7 Å². The first-order valence-electron chi connectivity index (χ1n) is 8.11. The van der Waals surface area contributed by atoms with Crippen molar-refractivity contribution in [3.05, 3.63) is 39.9 Å². The van der Waals surface area contributed by atoms with Gasteiger partial charge < -0.3 is 14.7 Å². The zero-order chi connectivity index (χ0) is 17.1. The summed E-state index contributed by atoms with van der Waals surface area (Å²) < 4.78 is 5.24. The summed E-state index contributed by atoms with van der Waals surface area (Å²) in [5.74, 6) is 0.956. The van der Waals surface area contributed by atoms with E-state index in [0.717, 1.165) is 35.7 Å². The van der Waals surface area contributed by atoms with Crippen molar-refractivity contribution in [3.63, 3.8) is 0 Å². The Morgan fingerprint density at radius 3 is 3.12 bits per heavy atom. The third-order valence-corrected chi connectivity index (χ3v) is 5.83. The number of hydrogen-bond acceptors (Lipinski definition) is 7. The number of hydrogen-bond donors (Lipinski definition) is 1. The number of rotatable bonds is 4. The predicted octanol–water partition coefficient (Wildman–Crippen LogP) is 3.69. The van der Waals surface area contributed by atoms with Gasteiger partial charge in [0.1, 0.15) is 5.01 Å². The van der Waals surface area contributed by atoms with Crippen molar-refractivity contribution in [1.29, 1.82) is 0 Å². The molecule has 1 N–H and O–H groups in total. The zero-order valence-corrected chi connectivity index (χ0v) is 15.1. The Kier molecular flexibility index (Phi) is 4.75. The number of likely N-dealkylation sites (tertiary alicyclic amines) is 1. The maximum atomic E-state index is 12.6. The molecule has 4 rings (SSSR count). The lowest BCUT2D eigenvalue weighted by atomic mass is 10.0. The summed E-state index contributed by atoms with van der Waals surface area (Å²) in [6, 6.07) is 3.80. The fraction of sp³-hybridized carbons (Fsp3) is 0.375. The average Bonchev–Trinajstić information content (AvgIpc) is 3.41. The molecule has 7 nitrogen and oxygen atoms in total. The van der Waals surface area contributed by atoms with Gasteiger partial charge in [0.2, 0.25) is 0 Å². The molecule has 1 saturated heterocycles. The van der Waals surface area contributed by atoms with Gasteiger partial charge in [-0.1, -0.05) is 11.2 Å². The standard InChI is InChI=1S/C16H17N5O2S2/c22-16(21-7-2-1-4-11(21)15-17-6-9-25-15)18-10-13-19-14(23-20-13)12-5-3-8-24-12/h3,5-6,8-9,11H,1-2,4,7,10H2,(H,18,22). The molecule has 2 amide bonds. The lowest BCUT2D eigenvalue weighted by Gasteiger charge is -2.34. The molecule has 1 atom stereocenters. The van der Waals surface area contributed by atoms with Crippen molar-refractivity contribution in [1.82, 2.24) is 25.3 Å². The summed E-state index contributed by atoms with van der Waals surface area (Å²) in [4.78, 5) is 24.1. The lowest BCUT2D eigenvalue weighted by molar-refractivity contribution is 0.150. The predicted molar refractivity (Wildman–Crippen MR) is 95.3 cm³/mol. The van der Waals surface area contributed by atoms with Crippen LogP contribution in [0.4, 0.5) is 4.79 Å². The SMILES string of the molecule is O=C(NCc1noc(-c2cccs2)n1)N1CCCCC1c1nccs1. The molecule has 3 aromatic heterocycles. The third kappa shape index (κ3) is 3.57. The lowest BCUT2D eigenvalue weighted by Crippen LogP contribution is -2.44. The molecular formula is C16H17N5O2S2. The van der Waals surface area contributed by atoms with Crippen LogP contribution < -0.4 is 5.32 Å². The van der Waals surface area contributed by atoms with Crippen LogP contribution >= 0.6 is 22.7 Å². The second-order valence-corrected chi connectivity index (χ2v) is 7.60. The second-order valence-electron chi connectivity index (χ2n) is 5.73. The Labute approximate surface area is 152 Å². The van der Waals surface area contributed by atoms with Crippen LogP contribution in [-0.2, 0) is 6.54 Å². The van der Waals surface area contributed by atoms with Gasteiger partial charge in [-0.2, -0.15) is 4.98 Å². The highest BCUT2D eigenvalue weighted by molar-refractivity contribution is 7.13. The number of nitrogens with one attached hydrogen (secondary N) is 1. The molecule has 0 bridgehead atoms. The number of urea groups is 1. The highest BCUT2D eigenvalue weighted by Crippen LogP contribution is 2.32. The van der Waals surface area contributed by atoms with Gasteiger partial charge in [0, 0.05) is 18.1 Å². The number of thiophene rings is 1. The van der Waals surface area contributed by atoms with E-state index in [1.807, 2.05) is 27.8 Å². The molecule has 0 radical (unpaired) electrons. The fourth-order valence-corrected chi connectivity index (χ4v) is 4.34. The highest BCUT2D eigenvalue weighted by atomic mass is 32.1. The van der Waals surface area contributed by atoms with Crippen molar-refractivity contribution in [3.8, 4) is 10.8 Å². The van der Waals surface area contributed by atoms with Crippen LogP contribution in [0.5, 0.6) is 0 Å². The number of aromatic nitrogens is 3. The third-order valence-electron chi connectivity index (χ3n) is 4.10. The van der Waals surface area contributed by atoms with Gasteiger partial charge in [-0.15, -0.1) is 22.7 Å². The van der Waals surface area contributed by atoms with Crippen LogP contribution in [0.1, 0.15) is 36.1 Å². The molecule has 1 unspecified atom stereocenters. The Balaban J connectivity index is 1.39. The zero-order valence-electron chi connectivity index (χ0n) is 13.4. The molecule has 1 aliphatic heterocycles. The van der Waals surface area contributed by atoms with E-state index >= 15 is 0 Å². The molecule has 9 heteroatoms. The average molecular weight is 375 g/mol. The normalized spacial score (nSPS) is 17.6. The summed E-state index contributed by atoms with van der Waals surface area (Å²) in [6.45, 7) is 0.984. The Hall–Kier alpha value is -2.26. The number of carbonyl (C=O) groups excluding carboxylic acids is 1. The van der Waals surface area contributed by atoms with E-state index in [4.69, 9.17) is 4.52 Å². The highest BCUT2D eigenvalue weighted by Gasteiger charge is 2.29. The minimum atomic E-state index is -0.109. The molecule has 0 aliphatic carbocycles. The van der Waals surface area contributed by atoms with Crippen LogP contribution in [0.25, 0.3) is 10.8 Å². The Morgan fingerprint density at radius 1 is 1.36 bits per heavy atom. The molecule has 0 saturated carbocycles. The molecule has 0 aromatic carbocycles. The molecule has 1 aliphatic rings. The molecule has 4 heterocycles. The fourth-order valence-electron chi connectivity index (χ4n) is 2.91. The molecule has 1 fully saturated rings. The van der Waals surface area contributed by atoms with Gasteiger partial charge in [-0.3, -0.25) is 0 Å². The van der Waals surface area contributed by atoms with E-state index in [1.54, 1.807) is 17.5 Å². The minimum Gasteiger partial charge on any atom is -0.333 e. The van der Waals surface area contributed by atoms with Crippen LogP contribution in [0.15, 0.2) is 33.6 Å². The summed E-state index contributed by atoms with van der Waals surface area (Å²) >= 11 is 3.13. The number of thiazole rings is 1.